The SMILES string of the molecule is Cc1ccc(C(=O)Nc2ccc3c(c2)CCC3N2CCN(C)CC2)cc1C#Cc1cncn1C. The third kappa shape index (κ3) is 4.63. The fourth-order valence-corrected chi connectivity index (χ4v) is 4.90. The molecule has 1 aromatic heterocycles. The van der Waals surface area contributed by atoms with E-state index in [0.717, 1.165) is 61.5 Å². The molecular formula is C28H31N5O. The summed E-state index contributed by atoms with van der Waals surface area (Å²) in [6, 6.07) is 12.6. The van der Waals surface area contributed by atoms with E-state index in [4.69, 9.17) is 0 Å². The molecule has 174 valence electrons. The van der Waals surface area contributed by atoms with Crippen LogP contribution in [0.3, 0.4) is 0 Å². The molecule has 2 aromatic carbocycles. The van der Waals surface area contributed by atoms with Crippen LogP contribution in [-0.4, -0.2) is 58.5 Å². The largest absolute Gasteiger partial charge is 0.327 e. The van der Waals surface area contributed by atoms with Crippen molar-refractivity contribution in [2.24, 2.45) is 7.05 Å². The van der Waals surface area contributed by atoms with Crippen LogP contribution in [0.25, 0.3) is 0 Å². The van der Waals surface area contributed by atoms with Crippen LogP contribution in [0.15, 0.2) is 48.9 Å². The van der Waals surface area contributed by atoms with Gasteiger partial charge in [-0.25, -0.2) is 4.98 Å². The number of likely N-dealkylation sites (N-methyl/N-ethyl adjacent to an activating group) is 1. The number of rotatable bonds is 3. The van der Waals surface area contributed by atoms with Gasteiger partial charge in [-0.2, -0.15) is 0 Å². The van der Waals surface area contributed by atoms with Crippen LogP contribution in [0, 0.1) is 18.8 Å². The highest BCUT2D eigenvalue weighted by Crippen LogP contribution is 2.37. The Balaban J connectivity index is 1.30. The molecule has 0 saturated carbocycles. The Morgan fingerprint density at radius 1 is 1.06 bits per heavy atom. The van der Waals surface area contributed by atoms with Gasteiger partial charge in [0.15, 0.2) is 0 Å². The predicted octanol–water partition coefficient (Wildman–Crippen LogP) is 3.62. The molecule has 2 heterocycles. The molecule has 1 amide bonds. The molecule has 3 aromatic rings. The van der Waals surface area contributed by atoms with Gasteiger partial charge in [0.05, 0.1) is 12.5 Å². The highest BCUT2D eigenvalue weighted by atomic mass is 16.1. The zero-order chi connectivity index (χ0) is 23.7. The Labute approximate surface area is 201 Å². The number of piperazine rings is 1. The fraction of sp³-hybridized carbons (Fsp3) is 0.357. The Kier molecular flexibility index (Phi) is 6.23. The lowest BCUT2D eigenvalue weighted by atomic mass is 10.0. The summed E-state index contributed by atoms with van der Waals surface area (Å²) in [4.78, 5) is 22.1. The summed E-state index contributed by atoms with van der Waals surface area (Å²) in [5.74, 6) is 6.22. The minimum absolute atomic E-state index is 0.114. The van der Waals surface area contributed by atoms with Gasteiger partial charge >= 0.3 is 0 Å². The van der Waals surface area contributed by atoms with Gasteiger partial charge in [0, 0.05) is 56.1 Å². The molecule has 5 rings (SSSR count). The number of imidazole rings is 1. The second kappa shape index (κ2) is 9.46. The molecule has 0 bridgehead atoms. The number of carbonyl (C=O) groups is 1. The molecule has 34 heavy (non-hydrogen) atoms. The van der Waals surface area contributed by atoms with Crippen LogP contribution in [0.4, 0.5) is 5.69 Å². The number of hydrogen-bond donors (Lipinski definition) is 1. The van der Waals surface area contributed by atoms with Crippen LogP contribution in [0.5, 0.6) is 0 Å². The van der Waals surface area contributed by atoms with E-state index in [1.54, 1.807) is 12.5 Å². The molecular weight excluding hydrogens is 422 g/mol. The highest BCUT2D eigenvalue weighted by molar-refractivity contribution is 6.04. The lowest BCUT2D eigenvalue weighted by molar-refractivity contribution is 0.102. The number of benzene rings is 2. The summed E-state index contributed by atoms with van der Waals surface area (Å²) in [7, 11) is 4.11. The zero-order valence-electron chi connectivity index (χ0n) is 20.1. The van der Waals surface area contributed by atoms with E-state index in [1.807, 2.05) is 42.8 Å². The predicted molar refractivity (Wildman–Crippen MR) is 135 cm³/mol. The van der Waals surface area contributed by atoms with E-state index in [2.05, 4.69) is 51.1 Å². The van der Waals surface area contributed by atoms with Crippen molar-refractivity contribution in [2.75, 3.05) is 38.5 Å². The number of anilines is 1. The summed E-state index contributed by atoms with van der Waals surface area (Å²) in [5.41, 5.74) is 6.96. The van der Waals surface area contributed by atoms with Gasteiger partial charge in [0.2, 0.25) is 0 Å². The Bertz CT molecular complexity index is 1270. The van der Waals surface area contributed by atoms with Crippen molar-refractivity contribution in [1.82, 2.24) is 19.4 Å². The van der Waals surface area contributed by atoms with Gasteiger partial charge in [0.25, 0.3) is 5.91 Å². The van der Waals surface area contributed by atoms with Gasteiger partial charge in [-0.15, -0.1) is 0 Å². The second-order valence-corrected chi connectivity index (χ2v) is 9.43. The third-order valence-corrected chi connectivity index (χ3v) is 7.07. The van der Waals surface area contributed by atoms with Crippen LogP contribution in [-0.2, 0) is 13.5 Å². The quantitative estimate of drug-likeness (QED) is 0.616. The maximum absolute atomic E-state index is 13.0. The van der Waals surface area contributed by atoms with Crippen molar-refractivity contribution in [2.45, 2.75) is 25.8 Å². The first kappa shape index (κ1) is 22.4. The summed E-state index contributed by atoms with van der Waals surface area (Å²) in [6.45, 7) is 6.51. The van der Waals surface area contributed by atoms with Gasteiger partial charge < -0.3 is 14.8 Å². The number of amides is 1. The van der Waals surface area contributed by atoms with E-state index in [-0.39, 0.29) is 5.91 Å². The van der Waals surface area contributed by atoms with Gasteiger partial charge in [0.1, 0.15) is 5.69 Å². The van der Waals surface area contributed by atoms with Gasteiger partial charge in [-0.3, -0.25) is 9.69 Å². The molecule has 1 N–H and O–H groups in total. The molecule has 1 unspecified atom stereocenters. The van der Waals surface area contributed by atoms with Crippen molar-refractivity contribution < 1.29 is 4.79 Å². The Morgan fingerprint density at radius 2 is 1.88 bits per heavy atom. The van der Waals surface area contributed by atoms with E-state index in [0.29, 0.717) is 11.6 Å². The first-order valence-electron chi connectivity index (χ1n) is 11.9. The van der Waals surface area contributed by atoms with Crippen molar-refractivity contribution in [3.63, 3.8) is 0 Å². The number of nitrogens with one attached hydrogen (secondary N) is 1. The molecule has 1 atom stereocenters. The average molecular weight is 454 g/mol. The maximum Gasteiger partial charge on any atom is 0.255 e. The lowest BCUT2D eigenvalue weighted by Crippen LogP contribution is -2.45. The molecule has 0 spiro atoms. The van der Waals surface area contributed by atoms with Crippen LogP contribution in [0.1, 0.15) is 50.8 Å². The third-order valence-electron chi connectivity index (χ3n) is 7.07. The number of aryl methyl sites for hydroxylation is 3. The molecule has 2 aliphatic rings. The number of fused-ring (bicyclic) bond motifs is 1. The van der Waals surface area contributed by atoms with Crippen LogP contribution in [0.2, 0.25) is 0 Å². The molecule has 1 saturated heterocycles. The molecule has 1 aliphatic heterocycles. The monoisotopic (exact) mass is 453 g/mol. The standard InChI is InChI=1S/C28H31N5O/c1-20-4-5-23(16-21(20)6-9-25-18-29-19-32(25)3)28(34)30-24-8-10-26-22(17-24)7-11-27(26)33-14-12-31(2)13-15-33/h4-5,8,10,16-19,27H,7,11-15H2,1-3H3,(H,30,34). The van der Waals surface area contributed by atoms with Crippen molar-refractivity contribution in [3.05, 3.63) is 82.4 Å². The zero-order valence-corrected chi connectivity index (χ0v) is 20.1. The van der Waals surface area contributed by atoms with Crippen molar-refractivity contribution >= 4 is 11.6 Å². The molecule has 1 aliphatic carbocycles. The first-order valence-corrected chi connectivity index (χ1v) is 11.9. The molecule has 1 fully saturated rings. The Morgan fingerprint density at radius 3 is 2.65 bits per heavy atom. The number of hydrogen-bond acceptors (Lipinski definition) is 4. The fourth-order valence-electron chi connectivity index (χ4n) is 4.90. The number of nitrogens with zero attached hydrogens (tertiary/aromatic N) is 4. The van der Waals surface area contributed by atoms with E-state index >= 15 is 0 Å². The summed E-state index contributed by atoms with van der Waals surface area (Å²) >= 11 is 0. The normalized spacial score (nSPS) is 18.3. The van der Waals surface area contributed by atoms with Crippen LogP contribution < -0.4 is 5.32 Å². The number of aromatic nitrogens is 2. The van der Waals surface area contributed by atoms with Crippen molar-refractivity contribution in [3.8, 4) is 11.8 Å². The number of carbonyl (C=O) groups excluding carboxylic acids is 1. The highest BCUT2D eigenvalue weighted by Gasteiger charge is 2.29. The molecule has 6 heteroatoms. The van der Waals surface area contributed by atoms with E-state index in [9.17, 15) is 4.79 Å². The maximum atomic E-state index is 13.0. The summed E-state index contributed by atoms with van der Waals surface area (Å²) < 4.78 is 1.88. The first-order chi connectivity index (χ1) is 16.5. The second-order valence-electron chi connectivity index (χ2n) is 9.43. The summed E-state index contributed by atoms with van der Waals surface area (Å²) in [6.07, 6.45) is 5.69. The smallest absolute Gasteiger partial charge is 0.255 e. The molecule has 6 nitrogen and oxygen atoms in total. The van der Waals surface area contributed by atoms with E-state index in [1.165, 1.54) is 11.1 Å². The lowest BCUT2D eigenvalue weighted by Gasteiger charge is -2.36. The van der Waals surface area contributed by atoms with Gasteiger partial charge in [-0.05, 0) is 73.7 Å². The average Bonchev–Trinajstić information content (AvgIpc) is 3.44. The Hall–Kier alpha value is -3.40. The molecule has 0 radical (unpaired) electrons. The summed E-state index contributed by atoms with van der Waals surface area (Å²) in [5, 5.41) is 3.09. The van der Waals surface area contributed by atoms with Gasteiger partial charge in [-0.1, -0.05) is 18.1 Å². The van der Waals surface area contributed by atoms with E-state index < -0.39 is 0 Å². The minimum Gasteiger partial charge on any atom is -0.327 e. The van der Waals surface area contributed by atoms with Crippen LogP contribution >= 0.6 is 0 Å². The minimum atomic E-state index is -0.114. The topological polar surface area (TPSA) is 53.4 Å². The van der Waals surface area contributed by atoms with Crippen molar-refractivity contribution in [1.29, 1.82) is 0 Å².